The van der Waals surface area contributed by atoms with Gasteiger partial charge in [-0.25, -0.2) is 4.39 Å². The molecule has 0 aliphatic heterocycles. The molecule has 1 aromatic carbocycles. The van der Waals surface area contributed by atoms with E-state index in [9.17, 15) is 4.39 Å². The molecule has 0 aliphatic rings. The van der Waals surface area contributed by atoms with Crippen molar-refractivity contribution in [2.45, 2.75) is 12.5 Å². The van der Waals surface area contributed by atoms with Crippen LogP contribution in [0.2, 0.25) is 5.02 Å². The van der Waals surface area contributed by atoms with Gasteiger partial charge in [0.1, 0.15) is 11.4 Å². The van der Waals surface area contributed by atoms with E-state index in [0.29, 0.717) is 6.54 Å². The summed E-state index contributed by atoms with van der Waals surface area (Å²) < 4.78 is 18.2. The first-order chi connectivity index (χ1) is 6.53. The van der Waals surface area contributed by atoms with Gasteiger partial charge < -0.3 is 10.5 Å². The van der Waals surface area contributed by atoms with Gasteiger partial charge in [0.2, 0.25) is 0 Å². The van der Waals surface area contributed by atoms with E-state index in [-0.39, 0.29) is 5.02 Å². The summed E-state index contributed by atoms with van der Waals surface area (Å²) in [5.41, 5.74) is 5.73. The fourth-order valence-electron chi connectivity index (χ4n) is 1.14. The molecule has 4 heteroatoms. The van der Waals surface area contributed by atoms with E-state index < -0.39 is 11.4 Å². The first-order valence-electron chi connectivity index (χ1n) is 4.24. The minimum Gasteiger partial charge on any atom is -0.372 e. The van der Waals surface area contributed by atoms with E-state index in [2.05, 4.69) is 0 Å². The third-order valence-electron chi connectivity index (χ3n) is 2.37. The molecule has 1 unspecified atom stereocenters. The van der Waals surface area contributed by atoms with Crippen molar-refractivity contribution in [1.29, 1.82) is 0 Å². The first kappa shape index (κ1) is 11.4. The second-order valence-electron chi connectivity index (χ2n) is 3.27. The van der Waals surface area contributed by atoms with Crippen LogP contribution in [0.5, 0.6) is 0 Å². The Hall–Kier alpha value is -0.640. The van der Waals surface area contributed by atoms with Crippen LogP contribution < -0.4 is 5.73 Å². The summed E-state index contributed by atoms with van der Waals surface area (Å²) in [6, 6.07) is 4.47. The molecule has 0 radical (unpaired) electrons. The van der Waals surface area contributed by atoms with Crippen LogP contribution in [0.1, 0.15) is 12.5 Å². The van der Waals surface area contributed by atoms with Crippen LogP contribution in [0, 0.1) is 5.82 Å². The second kappa shape index (κ2) is 4.26. The number of ether oxygens (including phenoxy) is 1. The van der Waals surface area contributed by atoms with Crippen LogP contribution in [-0.4, -0.2) is 13.7 Å². The highest BCUT2D eigenvalue weighted by atomic mass is 35.5. The Kier molecular flexibility index (Phi) is 3.48. The van der Waals surface area contributed by atoms with Gasteiger partial charge in [-0.2, -0.15) is 0 Å². The van der Waals surface area contributed by atoms with Crippen molar-refractivity contribution in [3.63, 3.8) is 0 Å². The second-order valence-corrected chi connectivity index (χ2v) is 3.68. The standard InChI is InChI=1S/C10H13ClFNO/c1-10(6-13,14-2)7-3-4-9(12)8(11)5-7/h3-5H,6,13H2,1-2H3. The Morgan fingerprint density at radius 2 is 2.21 bits per heavy atom. The molecule has 0 amide bonds. The molecule has 0 spiro atoms. The third kappa shape index (κ3) is 2.05. The van der Waals surface area contributed by atoms with Gasteiger partial charge in [-0.3, -0.25) is 0 Å². The van der Waals surface area contributed by atoms with E-state index in [1.54, 1.807) is 13.2 Å². The summed E-state index contributed by atoms with van der Waals surface area (Å²) in [7, 11) is 1.56. The maximum atomic E-state index is 12.9. The minimum absolute atomic E-state index is 0.0826. The Balaban J connectivity index is 3.12. The van der Waals surface area contributed by atoms with Crippen molar-refractivity contribution < 1.29 is 9.13 Å². The molecule has 78 valence electrons. The highest BCUT2D eigenvalue weighted by Crippen LogP contribution is 2.27. The molecular formula is C10H13ClFNO. The first-order valence-corrected chi connectivity index (χ1v) is 4.62. The highest BCUT2D eigenvalue weighted by molar-refractivity contribution is 6.30. The van der Waals surface area contributed by atoms with Crippen molar-refractivity contribution in [3.8, 4) is 0 Å². The molecule has 1 atom stereocenters. The largest absolute Gasteiger partial charge is 0.372 e. The molecule has 14 heavy (non-hydrogen) atoms. The zero-order chi connectivity index (χ0) is 10.8. The monoisotopic (exact) mass is 217 g/mol. The van der Waals surface area contributed by atoms with E-state index in [4.69, 9.17) is 22.1 Å². The van der Waals surface area contributed by atoms with E-state index >= 15 is 0 Å². The van der Waals surface area contributed by atoms with Gasteiger partial charge >= 0.3 is 0 Å². The predicted molar refractivity (Wildman–Crippen MR) is 54.8 cm³/mol. The van der Waals surface area contributed by atoms with Gasteiger partial charge in [0, 0.05) is 13.7 Å². The molecule has 0 fully saturated rings. The summed E-state index contributed by atoms with van der Waals surface area (Å²) in [6.07, 6.45) is 0. The van der Waals surface area contributed by atoms with Crippen LogP contribution in [0.4, 0.5) is 4.39 Å². The number of hydrogen-bond donors (Lipinski definition) is 1. The highest BCUT2D eigenvalue weighted by Gasteiger charge is 2.24. The van der Waals surface area contributed by atoms with Crippen LogP contribution in [0.15, 0.2) is 18.2 Å². The molecule has 0 saturated carbocycles. The lowest BCUT2D eigenvalue weighted by atomic mass is 9.96. The number of hydrogen-bond acceptors (Lipinski definition) is 2. The van der Waals surface area contributed by atoms with E-state index in [1.807, 2.05) is 6.92 Å². The van der Waals surface area contributed by atoms with Gasteiger partial charge in [-0.15, -0.1) is 0 Å². The van der Waals surface area contributed by atoms with Gasteiger partial charge in [-0.1, -0.05) is 17.7 Å². The van der Waals surface area contributed by atoms with Crippen LogP contribution in [0.25, 0.3) is 0 Å². The minimum atomic E-state index is -0.614. The zero-order valence-electron chi connectivity index (χ0n) is 8.18. The Morgan fingerprint density at radius 3 is 2.64 bits per heavy atom. The molecule has 0 heterocycles. The quantitative estimate of drug-likeness (QED) is 0.843. The number of nitrogens with two attached hydrogens (primary N) is 1. The summed E-state index contributed by atoms with van der Waals surface area (Å²) >= 11 is 5.66. The van der Waals surface area contributed by atoms with Gasteiger partial charge in [0.25, 0.3) is 0 Å². The number of benzene rings is 1. The SMILES string of the molecule is COC(C)(CN)c1ccc(F)c(Cl)c1. The van der Waals surface area contributed by atoms with Gasteiger partial charge in [0.05, 0.1) is 5.02 Å². The predicted octanol–water partition coefficient (Wildman–Crippen LogP) is 2.30. The molecular weight excluding hydrogens is 205 g/mol. The average Bonchev–Trinajstić information content (AvgIpc) is 2.21. The summed E-state index contributed by atoms with van der Waals surface area (Å²) in [5, 5.41) is 0.0826. The molecule has 2 nitrogen and oxygen atoms in total. The van der Waals surface area contributed by atoms with Crippen LogP contribution >= 0.6 is 11.6 Å². The summed E-state index contributed by atoms with van der Waals surface area (Å²) in [5.74, 6) is -0.439. The fraction of sp³-hybridized carbons (Fsp3) is 0.400. The lowest BCUT2D eigenvalue weighted by Gasteiger charge is -2.27. The van der Waals surface area contributed by atoms with Crippen molar-refractivity contribution in [2.75, 3.05) is 13.7 Å². The molecule has 0 bridgehead atoms. The molecule has 0 saturated heterocycles. The summed E-state index contributed by atoms with van der Waals surface area (Å²) in [4.78, 5) is 0. The third-order valence-corrected chi connectivity index (χ3v) is 2.66. The Morgan fingerprint density at radius 1 is 1.57 bits per heavy atom. The molecule has 0 aromatic heterocycles. The molecule has 2 N–H and O–H groups in total. The normalized spacial score (nSPS) is 15.2. The Bertz CT molecular complexity index is 326. The Labute approximate surface area is 87.8 Å². The fourth-order valence-corrected chi connectivity index (χ4v) is 1.32. The maximum Gasteiger partial charge on any atom is 0.141 e. The van der Waals surface area contributed by atoms with E-state index in [1.165, 1.54) is 12.1 Å². The van der Waals surface area contributed by atoms with Gasteiger partial charge in [0.15, 0.2) is 0 Å². The number of rotatable bonds is 3. The lowest BCUT2D eigenvalue weighted by Crippen LogP contribution is -2.33. The van der Waals surface area contributed by atoms with Crippen molar-refractivity contribution in [3.05, 3.63) is 34.6 Å². The average molecular weight is 218 g/mol. The van der Waals surface area contributed by atoms with Crippen LogP contribution in [0.3, 0.4) is 0 Å². The van der Waals surface area contributed by atoms with Gasteiger partial charge in [-0.05, 0) is 24.6 Å². The van der Waals surface area contributed by atoms with E-state index in [0.717, 1.165) is 5.56 Å². The van der Waals surface area contributed by atoms with Crippen molar-refractivity contribution in [1.82, 2.24) is 0 Å². The zero-order valence-corrected chi connectivity index (χ0v) is 8.94. The topological polar surface area (TPSA) is 35.2 Å². The molecule has 1 aromatic rings. The van der Waals surface area contributed by atoms with Crippen molar-refractivity contribution in [2.24, 2.45) is 5.73 Å². The maximum absolute atomic E-state index is 12.9. The van der Waals surface area contributed by atoms with Crippen molar-refractivity contribution >= 4 is 11.6 Å². The number of halogens is 2. The summed E-state index contributed by atoms with van der Waals surface area (Å²) in [6.45, 7) is 2.14. The molecule has 1 rings (SSSR count). The smallest absolute Gasteiger partial charge is 0.141 e. The molecule has 0 aliphatic carbocycles. The number of methoxy groups -OCH3 is 1. The lowest BCUT2D eigenvalue weighted by molar-refractivity contribution is 0.0100. The van der Waals surface area contributed by atoms with Crippen LogP contribution in [-0.2, 0) is 10.3 Å².